The van der Waals surface area contributed by atoms with E-state index in [-0.39, 0.29) is 25.4 Å². The summed E-state index contributed by atoms with van der Waals surface area (Å²) in [4.78, 5) is 23.5. The zero-order valence-electron chi connectivity index (χ0n) is 17.9. The molecule has 0 bridgehead atoms. The minimum Gasteiger partial charge on any atom is -0.459 e. The number of amides is 1. The summed E-state index contributed by atoms with van der Waals surface area (Å²) in [7, 11) is 0. The summed E-state index contributed by atoms with van der Waals surface area (Å²) in [5.41, 5.74) is 5.14. The molecule has 0 aromatic carbocycles. The fraction of sp³-hybridized carbons (Fsp3) is 0.800. The van der Waals surface area contributed by atoms with Crippen LogP contribution >= 0.6 is 0 Å². The molecular formula is C20H36N2O7. The normalized spacial score (nSPS) is 12.2. The number of esters is 1. The van der Waals surface area contributed by atoms with Gasteiger partial charge in [0.05, 0.1) is 46.2 Å². The lowest BCUT2D eigenvalue weighted by molar-refractivity contribution is -0.156. The Bertz CT molecular complexity index is 486. The Morgan fingerprint density at radius 3 is 2.00 bits per heavy atom. The van der Waals surface area contributed by atoms with Crippen LogP contribution in [-0.4, -0.2) is 82.9 Å². The van der Waals surface area contributed by atoms with Crippen LogP contribution in [0.2, 0.25) is 0 Å². The number of nitrogens with two attached hydrogens (primary N) is 1. The van der Waals surface area contributed by atoms with Crippen molar-refractivity contribution in [3.8, 4) is 12.3 Å². The largest absolute Gasteiger partial charge is 0.459 e. The van der Waals surface area contributed by atoms with Gasteiger partial charge in [-0.05, 0) is 27.2 Å². The van der Waals surface area contributed by atoms with E-state index in [1.165, 1.54) is 0 Å². The molecule has 0 radical (unpaired) electrons. The highest BCUT2D eigenvalue weighted by Gasteiger charge is 2.22. The first-order valence-electron chi connectivity index (χ1n) is 9.76. The van der Waals surface area contributed by atoms with Gasteiger partial charge in [0.15, 0.2) is 0 Å². The minimum absolute atomic E-state index is 0.150. The molecule has 9 nitrogen and oxygen atoms in total. The van der Waals surface area contributed by atoms with E-state index in [0.717, 1.165) is 0 Å². The summed E-state index contributed by atoms with van der Waals surface area (Å²) in [5, 5.41) is 2.71. The summed E-state index contributed by atoms with van der Waals surface area (Å²) in [6.07, 6.45) is 5.42. The van der Waals surface area contributed by atoms with Crippen molar-refractivity contribution in [2.45, 2.75) is 45.3 Å². The molecule has 168 valence electrons. The monoisotopic (exact) mass is 416 g/mol. The highest BCUT2D eigenvalue weighted by atomic mass is 16.6. The van der Waals surface area contributed by atoms with Gasteiger partial charge >= 0.3 is 5.97 Å². The summed E-state index contributed by atoms with van der Waals surface area (Å²) in [5.74, 6) is 1.68. The van der Waals surface area contributed by atoms with Gasteiger partial charge in [-0.3, -0.25) is 9.59 Å². The lowest BCUT2D eigenvalue weighted by Crippen LogP contribution is -2.38. The standard InChI is InChI=1S/C20H36N2O7/c1-5-9-25-11-13-27-15-16-28-14-12-26-10-8-22-18(23)7-6-17(21)19(24)29-20(2,3)4/h1,17H,6-16,21H2,2-4H3,(H,22,23)/t17-/m0/s1. The Labute approximate surface area is 173 Å². The topological polar surface area (TPSA) is 118 Å². The van der Waals surface area contributed by atoms with Crippen molar-refractivity contribution in [3.05, 3.63) is 0 Å². The van der Waals surface area contributed by atoms with Gasteiger partial charge in [0.2, 0.25) is 5.91 Å². The molecule has 1 atom stereocenters. The van der Waals surface area contributed by atoms with Crippen molar-refractivity contribution in [1.82, 2.24) is 5.32 Å². The van der Waals surface area contributed by atoms with Gasteiger partial charge < -0.3 is 34.7 Å². The van der Waals surface area contributed by atoms with Crippen LogP contribution in [0.5, 0.6) is 0 Å². The Morgan fingerprint density at radius 1 is 0.966 bits per heavy atom. The number of hydrogen-bond donors (Lipinski definition) is 2. The Hall–Kier alpha value is -1.70. The minimum atomic E-state index is -0.812. The van der Waals surface area contributed by atoms with Gasteiger partial charge in [0.25, 0.3) is 0 Å². The molecule has 0 aliphatic rings. The molecule has 1 amide bonds. The van der Waals surface area contributed by atoms with Gasteiger partial charge in [-0.1, -0.05) is 5.92 Å². The van der Waals surface area contributed by atoms with E-state index < -0.39 is 17.6 Å². The highest BCUT2D eigenvalue weighted by molar-refractivity contribution is 5.79. The zero-order valence-corrected chi connectivity index (χ0v) is 17.9. The van der Waals surface area contributed by atoms with E-state index >= 15 is 0 Å². The van der Waals surface area contributed by atoms with Crippen LogP contribution in [0.25, 0.3) is 0 Å². The molecule has 0 saturated heterocycles. The van der Waals surface area contributed by atoms with Crippen molar-refractivity contribution < 1.29 is 33.3 Å². The number of hydrogen-bond acceptors (Lipinski definition) is 8. The SMILES string of the molecule is C#CCOCCOCCOCCOCCNC(=O)CC[C@H](N)C(=O)OC(C)(C)C. The number of ether oxygens (including phenoxy) is 5. The van der Waals surface area contributed by atoms with Crippen LogP contribution in [0.3, 0.4) is 0 Å². The van der Waals surface area contributed by atoms with Crippen molar-refractivity contribution in [2.24, 2.45) is 5.73 Å². The van der Waals surface area contributed by atoms with E-state index in [1.807, 2.05) is 0 Å². The predicted octanol–water partition coefficient (Wildman–Crippen LogP) is 0.251. The van der Waals surface area contributed by atoms with E-state index in [1.54, 1.807) is 20.8 Å². The number of terminal acetylenes is 1. The third kappa shape index (κ3) is 19.4. The van der Waals surface area contributed by atoms with Crippen molar-refractivity contribution in [1.29, 1.82) is 0 Å². The van der Waals surface area contributed by atoms with Crippen molar-refractivity contribution in [3.63, 3.8) is 0 Å². The van der Waals surface area contributed by atoms with Gasteiger partial charge in [-0.2, -0.15) is 0 Å². The van der Waals surface area contributed by atoms with Crippen LogP contribution < -0.4 is 11.1 Å². The highest BCUT2D eigenvalue weighted by Crippen LogP contribution is 2.09. The van der Waals surface area contributed by atoms with Gasteiger partial charge in [-0.25, -0.2) is 0 Å². The smallest absolute Gasteiger partial charge is 0.323 e. The molecule has 0 saturated carbocycles. The summed E-state index contributed by atoms with van der Waals surface area (Å²) in [6, 6.07) is -0.812. The van der Waals surface area contributed by atoms with Crippen LogP contribution in [0.1, 0.15) is 33.6 Å². The summed E-state index contributed by atoms with van der Waals surface area (Å²) >= 11 is 0. The van der Waals surface area contributed by atoms with Crippen molar-refractivity contribution in [2.75, 3.05) is 59.4 Å². The Kier molecular flexibility index (Phi) is 16.2. The first-order chi connectivity index (χ1) is 13.8. The lowest BCUT2D eigenvalue weighted by atomic mass is 10.1. The zero-order chi connectivity index (χ0) is 22.0. The van der Waals surface area contributed by atoms with Gasteiger partial charge in [0.1, 0.15) is 18.2 Å². The third-order valence-corrected chi connectivity index (χ3v) is 3.26. The van der Waals surface area contributed by atoms with E-state index in [4.69, 9.17) is 35.8 Å². The molecule has 0 aliphatic carbocycles. The predicted molar refractivity (Wildman–Crippen MR) is 108 cm³/mol. The molecule has 0 aromatic heterocycles. The Morgan fingerprint density at radius 2 is 1.48 bits per heavy atom. The average Bonchev–Trinajstić information content (AvgIpc) is 2.65. The molecule has 0 fully saturated rings. The third-order valence-electron chi connectivity index (χ3n) is 3.26. The first kappa shape index (κ1) is 27.3. The van der Waals surface area contributed by atoms with Crippen LogP contribution in [-0.2, 0) is 33.3 Å². The van der Waals surface area contributed by atoms with Gasteiger partial charge in [-0.15, -0.1) is 6.42 Å². The fourth-order valence-corrected chi connectivity index (χ4v) is 1.92. The Balaban J connectivity index is 3.44. The maximum absolute atomic E-state index is 11.7. The molecule has 0 aliphatic heterocycles. The number of carbonyl (C=O) groups excluding carboxylic acids is 2. The van der Waals surface area contributed by atoms with Crippen LogP contribution in [0, 0.1) is 12.3 Å². The quantitative estimate of drug-likeness (QED) is 0.197. The number of rotatable bonds is 17. The summed E-state index contributed by atoms with van der Waals surface area (Å²) < 4.78 is 26.2. The van der Waals surface area contributed by atoms with Gasteiger partial charge in [0, 0.05) is 13.0 Å². The average molecular weight is 417 g/mol. The molecule has 0 rings (SSSR count). The maximum atomic E-state index is 11.7. The second-order valence-electron chi connectivity index (χ2n) is 7.12. The number of nitrogens with one attached hydrogen (secondary N) is 1. The number of carbonyl (C=O) groups is 2. The molecule has 0 unspecified atom stereocenters. The molecule has 0 heterocycles. The molecule has 3 N–H and O–H groups in total. The molecule has 29 heavy (non-hydrogen) atoms. The van der Waals surface area contributed by atoms with E-state index in [2.05, 4.69) is 11.2 Å². The molecular weight excluding hydrogens is 380 g/mol. The van der Waals surface area contributed by atoms with E-state index in [0.29, 0.717) is 52.8 Å². The molecule has 0 aromatic rings. The second-order valence-corrected chi connectivity index (χ2v) is 7.12. The maximum Gasteiger partial charge on any atom is 0.323 e. The molecule has 0 spiro atoms. The molecule has 9 heteroatoms. The van der Waals surface area contributed by atoms with Crippen molar-refractivity contribution >= 4 is 11.9 Å². The van der Waals surface area contributed by atoms with Crippen LogP contribution in [0.4, 0.5) is 0 Å². The lowest BCUT2D eigenvalue weighted by Gasteiger charge is -2.22. The summed E-state index contributed by atoms with van der Waals surface area (Å²) in [6.45, 7) is 9.08. The second kappa shape index (κ2) is 17.2. The van der Waals surface area contributed by atoms with Crippen LogP contribution in [0.15, 0.2) is 0 Å². The first-order valence-corrected chi connectivity index (χ1v) is 9.76. The fourth-order valence-electron chi connectivity index (χ4n) is 1.92. The van der Waals surface area contributed by atoms with E-state index in [9.17, 15) is 9.59 Å².